The van der Waals surface area contributed by atoms with Crippen molar-refractivity contribution in [2.24, 2.45) is 23.2 Å². The molecule has 4 bridgehead atoms. The lowest BCUT2D eigenvalue weighted by Crippen LogP contribution is -2.56. The maximum Gasteiger partial charge on any atom is 0.234 e. The van der Waals surface area contributed by atoms with Crippen molar-refractivity contribution in [2.45, 2.75) is 51.5 Å². The number of hydrogen-bond donors (Lipinski definition) is 2. The zero-order valence-corrected chi connectivity index (χ0v) is 17.2. The van der Waals surface area contributed by atoms with Crippen molar-refractivity contribution in [2.75, 3.05) is 16.8 Å². The molecule has 0 heterocycles. The van der Waals surface area contributed by atoms with Crippen LogP contribution in [0.1, 0.15) is 45.4 Å². The molecule has 0 aliphatic heterocycles. The van der Waals surface area contributed by atoms with E-state index in [0.717, 1.165) is 17.8 Å². The van der Waals surface area contributed by atoms with Gasteiger partial charge in [-0.25, -0.2) is 4.39 Å². The lowest BCUT2D eigenvalue weighted by atomic mass is 9.48. The maximum atomic E-state index is 12.9. The summed E-state index contributed by atoms with van der Waals surface area (Å²) >= 11 is 1.31. The highest BCUT2D eigenvalue weighted by molar-refractivity contribution is 8.00. The van der Waals surface area contributed by atoms with Crippen LogP contribution >= 0.6 is 11.8 Å². The van der Waals surface area contributed by atoms with Crippen LogP contribution in [0.15, 0.2) is 24.3 Å². The molecule has 1 unspecified atom stereocenters. The molecular weight excluding hydrogens is 375 g/mol. The molecule has 4 aliphatic rings. The molecule has 0 radical (unpaired) electrons. The topological polar surface area (TPSA) is 58.2 Å². The number of carbonyl (C=O) groups excluding carboxylic acids is 2. The molecule has 2 N–H and O–H groups in total. The van der Waals surface area contributed by atoms with Crippen molar-refractivity contribution in [3.8, 4) is 0 Å². The third kappa shape index (κ3) is 4.37. The van der Waals surface area contributed by atoms with Crippen LogP contribution in [-0.4, -0.2) is 29.4 Å². The second-order valence-electron chi connectivity index (χ2n) is 9.12. The molecule has 28 heavy (non-hydrogen) atoms. The molecule has 0 aromatic heterocycles. The van der Waals surface area contributed by atoms with Gasteiger partial charge in [-0.05, 0) is 92.9 Å². The van der Waals surface area contributed by atoms with E-state index in [9.17, 15) is 14.0 Å². The van der Waals surface area contributed by atoms with Gasteiger partial charge in [0.1, 0.15) is 5.82 Å². The molecule has 1 atom stereocenters. The van der Waals surface area contributed by atoms with Crippen molar-refractivity contribution >= 4 is 29.3 Å². The molecule has 4 nitrogen and oxygen atoms in total. The second-order valence-corrected chi connectivity index (χ2v) is 10.1. The van der Waals surface area contributed by atoms with Gasteiger partial charge in [0.25, 0.3) is 0 Å². The van der Waals surface area contributed by atoms with Gasteiger partial charge in [-0.3, -0.25) is 9.59 Å². The van der Waals surface area contributed by atoms with Gasteiger partial charge < -0.3 is 10.6 Å². The van der Waals surface area contributed by atoms with Crippen molar-refractivity contribution in [1.29, 1.82) is 0 Å². The average molecular weight is 405 g/mol. The Morgan fingerprint density at radius 3 is 2.14 bits per heavy atom. The third-order valence-electron chi connectivity index (χ3n) is 6.98. The summed E-state index contributed by atoms with van der Waals surface area (Å²) in [5, 5.41) is 5.95. The molecule has 1 aromatic carbocycles. The lowest BCUT2D eigenvalue weighted by molar-refractivity contribution is -0.123. The van der Waals surface area contributed by atoms with Crippen LogP contribution in [0.2, 0.25) is 0 Å². The van der Waals surface area contributed by atoms with E-state index in [1.807, 2.05) is 0 Å². The van der Waals surface area contributed by atoms with Crippen molar-refractivity contribution < 1.29 is 14.0 Å². The first-order valence-corrected chi connectivity index (χ1v) is 11.5. The molecule has 4 aliphatic carbocycles. The highest BCUT2D eigenvalue weighted by Crippen LogP contribution is 2.61. The van der Waals surface area contributed by atoms with Crippen LogP contribution in [0.3, 0.4) is 0 Å². The number of rotatable bonds is 7. The molecule has 4 saturated carbocycles. The molecule has 4 fully saturated rings. The van der Waals surface area contributed by atoms with E-state index >= 15 is 0 Å². The normalized spacial score (nSPS) is 31.4. The Kier molecular flexibility index (Phi) is 5.68. The zero-order chi connectivity index (χ0) is 19.7. The first kappa shape index (κ1) is 19.7. The lowest BCUT2D eigenvalue weighted by Gasteiger charge is -2.59. The van der Waals surface area contributed by atoms with E-state index in [2.05, 4.69) is 17.6 Å². The van der Waals surface area contributed by atoms with Gasteiger partial charge in [0.2, 0.25) is 11.8 Å². The molecule has 2 amide bonds. The van der Waals surface area contributed by atoms with E-state index in [1.165, 1.54) is 74.6 Å². The van der Waals surface area contributed by atoms with Gasteiger partial charge in [-0.15, -0.1) is 11.8 Å². The van der Waals surface area contributed by atoms with Crippen molar-refractivity contribution in [3.63, 3.8) is 0 Å². The molecule has 0 spiro atoms. The average Bonchev–Trinajstić information content (AvgIpc) is 2.62. The quantitative estimate of drug-likeness (QED) is 0.715. The predicted molar refractivity (Wildman–Crippen MR) is 111 cm³/mol. The Bertz CT molecular complexity index is 701. The van der Waals surface area contributed by atoms with E-state index in [-0.39, 0.29) is 35.2 Å². The number of anilines is 1. The minimum atomic E-state index is -0.336. The Hall–Kier alpha value is -1.56. The molecule has 6 heteroatoms. The molecule has 5 rings (SSSR count). The predicted octanol–water partition coefficient (Wildman–Crippen LogP) is 4.22. The fourth-order valence-electron chi connectivity index (χ4n) is 6.11. The summed E-state index contributed by atoms with van der Waals surface area (Å²) in [4.78, 5) is 24.4. The summed E-state index contributed by atoms with van der Waals surface area (Å²) in [6.07, 6.45) is 8.02. The molecule has 152 valence electrons. The number of hydrogen-bond acceptors (Lipinski definition) is 3. The summed E-state index contributed by atoms with van der Waals surface area (Å²) < 4.78 is 12.9. The number of carbonyl (C=O) groups is 2. The highest BCUT2D eigenvalue weighted by atomic mass is 32.2. The fraction of sp³-hybridized carbons (Fsp3) is 0.636. The van der Waals surface area contributed by atoms with Crippen LogP contribution in [0.5, 0.6) is 0 Å². The number of benzene rings is 1. The Morgan fingerprint density at radius 2 is 1.57 bits per heavy atom. The summed E-state index contributed by atoms with van der Waals surface area (Å²) in [6.45, 7) is 2.18. The summed E-state index contributed by atoms with van der Waals surface area (Å²) in [6, 6.07) is 5.88. The smallest absolute Gasteiger partial charge is 0.234 e. The summed E-state index contributed by atoms with van der Waals surface area (Å²) in [5.41, 5.74) is 0.863. The monoisotopic (exact) mass is 404 g/mol. The van der Waals surface area contributed by atoms with Gasteiger partial charge in [-0.2, -0.15) is 0 Å². The standard InChI is InChI=1S/C22H29FN2O2S/c1-14(22-9-15-6-16(10-22)8-17(7-15)11-22)24-20(26)12-28-13-21(27)25-19-4-2-18(23)3-5-19/h2-5,14-17H,6-13H2,1H3,(H,24,26)(H,25,27). The highest BCUT2D eigenvalue weighted by Gasteiger charge is 2.53. The van der Waals surface area contributed by atoms with Crippen LogP contribution in [0, 0.1) is 29.0 Å². The third-order valence-corrected chi connectivity index (χ3v) is 7.91. The van der Waals surface area contributed by atoms with Gasteiger partial charge in [0, 0.05) is 11.7 Å². The Morgan fingerprint density at radius 1 is 1.04 bits per heavy atom. The number of nitrogens with one attached hydrogen (secondary N) is 2. The number of amides is 2. The van der Waals surface area contributed by atoms with Gasteiger partial charge in [0.05, 0.1) is 11.5 Å². The van der Waals surface area contributed by atoms with E-state index in [1.54, 1.807) is 0 Å². The van der Waals surface area contributed by atoms with Crippen LogP contribution in [0.25, 0.3) is 0 Å². The summed E-state index contributed by atoms with van der Waals surface area (Å²) in [7, 11) is 0. The molecule has 0 saturated heterocycles. The van der Waals surface area contributed by atoms with E-state index in [0.29, 0.717) is 11.1 Å². The van der Waals surface area contributed by atoms with Crippen molar-refractivity contribution in [1.82, 2.24) is 5.32 Å². The first-order chi connectivity index (χ1) is 13.4. The fourth-order valence-corrected chi connectivity index (χ4v) is 6.74. The Balaban J connectivity index is 1.20. The first-order valence-electron chi connectivity index (χ1n) is 10.3. The van der Waals surface area contributed by atoms with Gasteiger partial charge in [-0.1, -0.05) is 0 Å². The van der Waals surface area contributed by atoms with E-state index < -0.39 is 0 Å². The van der Waals surface area contributed by atoms with E-state index in [4.69, 9.17) is 0 Å². The SMILES string of the molecule is CC(NC(=O)CSCC(=O)Nc1ccc(F)cc1)C12CC3CC(CC(C3)C1)C2. The largest absolute Gasteiger partial charge is 0.352 e. The number of thioether (sulfide) groups is 1. The van der Waals surface area contributed by atoms with Crippen LogP contribution in [-0.2, 0) is 9.59 Å². The Labute approximate surface area is 170 Å². The minimum absolute atomic E-state index is 0.0165. The zero-order valence-electron chi connectivity index (χ0n) is 16.4. The van der Waals surface area contributed by atoms with Gasteiger partial charge >= 0.3 is 0 Å². The molecular formula is C22H29FN2O2S. The van der Waals surface area contributed by atoms with Gasteiger partial charge in [0.15, 0.2) is 0 Å². The minimum Gasteiger partial charge on any atom is -0.352 e. The van der Waals surface area contributed by atoms with Crippen LogP contribution in [0.4, 0.5) is 10.1 Å². The molecule has 1 aromatic rings. The van der Waals surface area contributed by atoms with Crippen LogP contribution < -0.4 is 10.6 Å². The summed E-state index contributed by atoms with van der Waals surface area (Å²) in [5.74, 6) is 2.60. The number of halogens is 1. The second kappa shape index (κ2) is 8.05. The van der Waals surface area contributed by atoms with Crippen molar-refractivity contribution in [3.05, 3.63) is 30.1 Å². The maximum absolute atomic E-state index is 12.9.